The summed E-state index contributed by atoms with van der Waals surface area (Å²) >= 11 is 9.63. The van der Waals surface area contributed by atoms with Gasteiger partial charge in [-0.25, -0.2) is 0 Å². The van der Waals surface area contributed by atoms with Gasteiger partial charge in [0.25, 0.3) is 0 Å². The van der Waals surface area contributed by atoms with Crippen LogP contribution in [0.2, 0.25) is 5.02 Å². The smallest absolute Gasteiger partial charge is 0.222 e. The Morgan fingerprint density at radius 1 is 1.55 bits per heavy atom. The predicted molar refractivity (Wildman–Crippen MR) is 86.1 cm³/mol. The highest BCUT2D eigenvalue weighted by atomic mass is 35.5. The summed E-state index contributed by atoms with van der Waals surface area (Å²) in [6.07, 6.45) is 0.469. The molecule has 0 aromatic heterocycles. The molecular weight excluding hydrogens is 312 g/mol. The Kier molecular flexibility index (Phi) is 6.08. The molecule has 20 heavy (non-hydrogen) atoms. The van der Waals surface area contributed by atoms with Crippen LogP contribution in [-0.4, -0.2) is 28.4 Å². The molecule has 1 heterocycles. The van der Waals surface area contributed by atoms with E-state index in [1.165, 1.54) is 0 Å². The number of amides is 1. The van der Waals surface area contributed by atoms with Gasteiger partial charge < -0.3 is 5.32 Å². The van der Waals surface area contributed by atoms with Crippen LogP contribution in [0.3, 0.4) is 0 Å². The van der Waals surface area contributed by atoms with Crippen molar-refractivity contribution in [3.63, 3.8) is 0 Å². The zero-order valence-corrected chi connectivity index (χ0v) is 13.2. The molecule has 2 atom stereocenters. The van der Waals surface area contributed by atoms with Crippen LogP contribution in [0.15, 0.2) is 24.3 Å². The summed E-state index contributed by atoms with van der Waals surface area (Å²) in [5.41, 5.74) is 0.721. The molecule has 1 N–H and O–H groups in total. The second-order valence-corrected chi connectivity index (χ2v) is 7.45. The summed E-state index contributed by atoms with van der Waals surface area (Å²) in [7, 11) is 0. The number of nitrogens with one attached hydrogen (secondary N) is 1. The fourth-order valence-electron chi connectivity index (χ4n) is 1.96. The van der Waals surface area contributed by atoms with Crippen LogP contribution in [0.5, 0.6) is 0 Å². The lowest BCUT2D eigenvalue weighted by atomic mass is 10.1. The van der Waals surface area contributed by atoms with E-state index in [0.29, 0.717) is 16.7 Å². The lowest BCUT2D eigenvalue weighted by Gasteiger charge is -2.21. The van der Waals surface area contributed by atoms with Crippen LogP contribution < -0.4 is 5.32 Å². The highest BCUT2D eigenvalue weighted by molar-refractivity contribution is 8.06. The fraction of sp³-hybridized carbons (Fsp3) is 0.429. The van der Waals surface area contributed by atoms with Gasteiger partial charge in [0.1, 0.15) is 6.04 Å². The Balaban J connectivity index is 1.92. The molecule has 1 aliphatic rings. The van der Waals surface area contributed by atoms with E-state index in [1.807, 2.05) is 23.5 Å². The summed E-state index contributed by atoms with van der Waals surface area (Å²) < 4.78 is 0. The lowest BCUT2D eigenvalue weighted by molar-refractivity contribution is -0.121. The number of rotatable bonds is 4. The number of halogens is 1. The Morgan fingerprint density at radius 2 is 2.40 bits per heavy atom. The number of nitriles is 1. The minimum Gasteiger partial charge on any atom is -0.337 e. The van der Waals surface area contributed by atoms with Gasteiger partial charge >= 0.3 is 0 Å². The van der Waals surface area contributed by atoms with Gasteiger partial charge in [-0.3, -0.25) is 4.79 Å². The Labute approximate surface area is 132 Å². The minimum atomic E-state index is -0.637. The molecule has 2 rings (SSSR count). The molecule has 1 amide bonds. The number of hydrogen-bond acceptors (Lipinski definition) is 4. The highest BCUT2D eigenvalue weighted by Crippen LogP contribution is 2.26. The third-order valence-corrected chi connectivity index (χ3v) is 5.99. The first kappa shape index (κ1) is 15.6. The second kappa shape index (κ2) is 7.82. The number of thioether (sulfide) groups is 2. The molecule has 1 aromatic rings. The van der Waals surface area contributed by atoms with Crippen LogP contribution >= 0.6 is 35.1 Å². The van der Waals surface area contributed by atoms with Crippen molar-refractivity contribution >= 4 is 41.0 Å². The topological polar surface area (TPSA) is 52.9 Å². The standard InChI is InChI=1S/C14H15ClN2OS2/c15-11-3-1-2-10(6-11)13(8-16)17-14(18)7-12-9-19-4-5-20-12/h1-3,6,12-13H,4-5,7,9H2,(H,17,18). The highest BCUT2D eigenvalue weighted by Gasteiger charge is 2.20. The van der Waals surface area contributed by atoms with Crippen molar-refractivity contribution in [2.45, 2.75) is 17.7 Å². The van der Waals surface area contributed by atoms with E-state index in [0.717, 1.165) is 22.8 Å². The van der Waals surface area contributed by atoms with E-state index in [1.54, 1.807) is 24.3 Å². The zero-order chi connectivity index (χ0) is 14.4. The van der Waals surface area contributed by atoms with Crippen molar-refractivity contribution in [1.82, 2.24) is 5.32 Å². The van der Waals surface area contributed by atoms with Crippen molar-refractivity contribution < 1.29 is 4.79 Å². The number of benzene rings is 1. The quantitative estimate of drug-likeness (QED) is 0.922. The lowest BCUT2D eigenvalue weighted by Crippen LogP contribution is -2.31. The van der Waals surface area contributed by atoms with Crippen LogP contribution in [0.25, 0.3) is 0 Å². The normalized spacial score (nSPS) is 19.9. The first-order valence-corrected chi connectivity index (χ1v) is 8.91. The molecule has 1 saturated heterocycles. The van der Waals surface area contributed by atoms with E-state index in [-0.39, 0.29) is 5.91 Å². The van der Waals surface area contributed by atoms with Gasteiger partial charge in [-0.15, -0.1) is 0 Å². The number of carbonyl (C=O) groups excluding carboxylic acids is 1. The number of hydrogen-bond donors (Lipinski definition) is 1. The summed E-state index contributed by atoms with van der Waals surface area (Å²) in [6, 6.07) is 8.51. The summed E-state index contributed by atoms with van der Waals surface area (Å²) in [6.45, 7) is 0. The third-order valence-electron chi connectivity index (χ3n) is 2.91. The molecule has 0 bridgehead atoms. The molecular formula is C14H15ClN2OS2. The van der Waals surface area contributed by atoms with Crippen LogP contribution in [0, 0.1) is 11.3 Å². The van der Waals surface area contributed by atoms with Crippen LogP contribution in [-0.2, 0) is 4.79 Å². The SMILES string of the molecule is N#CC(NC(=O)CC1CSCCS1)c1cccc(Cl)c1. The van der Waals surface area contributed by atoms with Gasteiger partial charge in [-0.05, 0) is 17.7 Å². The molecule has 0 aliphatic carbocycles. The van der Waals surface area contributed by atoms with Crippen molar-refractivity contribution in [2.24, 2.45) is 0 Å². The fourth-order valence-corrected chi connectivity index (χ4v) is 4.84. The maximum atomic E-state index is 12.0. The summed E-state index contributed by atoms with van der Waals surface area (Å²) in [5.74, 6) is 3.19. The van der Waals surface area contributed by atoms with Gasteiger partial charge in [-0.2, -0.15) is 28.8 Å². The van der Waals surface area contributed by atoms with E-state index < -0.39 is 6.04 Å². The van der Waals surface area contributed by atoms with E-state index in [2.05, 4.69) is 11.4 Å². The first-order chi connectivity index (χ1) is 9.69. The van der Waals surface area contributed by atoms with Gasteiger partial charge in [0.2, 0.25) is 5.91 Å². The molecule has 106 valence electrons. The second-order valence-electron chi connectivity index (χ2n) is 4.46. The Bertz CT molecular complexity index is 512. The molecule has 1 aromatic carbocycles. The summed E-state index contributed by atoms with van der Waals surface area (Å²) in [5, 5.41) is 12.9. The van der Waals surface area contributed by atoms with Crippen molar-refractivity contribution in [2.75, 3.05) is 17.3 Å². The maximum Gasteiger partial charge on any atom is 0.222 e. The number of carbonyl (C=O) groups is 1. The van der Waals surface area contributed by atoms with Gasteiger partial charge in [0, 0.05) is 34.0 Å². The van der Waals surface area contributed by atoms with Crippen molar-refractivity contribution in [3.05, 3.63) is 34.9 Å². The first-order valence-electron chi connectivity index (χ1n) is 6.33. The molecule has 3 nitrogen and oxygen atoms in total. The number of nitrogens with zero attached hydrogens (tertiary/aromatic N) is 1. The molecule has 0 saturated carbocycles. The third kappa shape index (κ3) is 4.62. The van der Waals surface area contributed by atoms with Crippen molar-refractivity contribution in [1.29, 1.82) is 5.26 Å². The van der Waals surface area contributed by atoms with Gasteiger partial charge in [0.15, 0.2) is 0 Å². The predicted octanol–water partition coefficient (Wildman–Crippen LogP) is 3.26. The van der Waals surface area contributed by atoms with E-state index in [9.17, 15) is 10.1 Å². The molecule has 0 spiro atoms. The molecule has 2 unspecified atom stereocenters. The Morgan fingerprint density at radius 3 is 3.05 bits per heavy atom. The van der Waals surface area contributed by atoms with E-state index in [4.69, 9.17) is 11.6 Å². The van der Waals surface area contributed by atoms with Gasteiger partial charge in [-0.1, -0.05) is 23.7 Å². The van der Waals surface area contributed by atoms with Crippen molar-refractivity contribution in [3.8, 4) is 6.07 Å². The Hall–Kier alpha value is -0.830. The average molecular weight is 327 g/mol. The maximum absolute atomic E-state index is 12.0. The average Bonchev–Trinajstić information content (AvgIpc) is 2.46. The monoisotopic (exact) mass is 326 g/mol. The zero-order valence-electron chi connectivity index (χ0n) is 10.8. The molecule has 1 aliphatic heterocycles. The van der Waals surface area contributed by atoms with Crippen LogP contribution in [0.4, 0.5) is 0 Å². The minimum absolute atomic E-state index is 0.0727. The van der Waals surface area contributed by atoms with Gasteiger partial charge in [0.05, 0.1) is 6.07 Å². The van der Waals surface area contributed by atoms with Crippen LogP contribution in [0.1, 0.15) is 18.0 Å². The molecule has 0 radical (unpaired) electrons. The summed E-state index contributed by atoms with van der Waals surface area (Å²) in [4.78, 5) is 12.0. The van der Waals surface area contributed by atoms with E-state index >= 15 is 0 Å². The molecule has 6 heteroatoms. The molecule has 1 fully saturated rings. The largest absolute Gasteiger partial charge is 0.337 e.